The summed E-state index contributed by atoms with van der Waals surface area (Å²) >= 11 is 0. The maximum atomic E-state index is 11.7. The van der Waals surface area contributed by atoms with Gasteiger partial charge in [0.25, 0.3) is 0 Å². The highest BCUT2D eigenvalue weighted by atomic mass is 16.5. The highest BCUT2D eigenvalue weighted by Gasteiger charge is 2.41. The minimum absolute atomic E-state index is 0.142. The Morgan fingerprint density at radius 2 is 2.25 bits per heavy atom. The fourth-order valence-electron chi connectivity index (χ4n) is 2.52. The number of fused-ring (bicyclic) bond motifs is 1. The predicted octanol–water partition coefficient (Wildman–Crippen LogP) is 2.17. The highest BCUT2D eigenvalue weighted by molar-refractivity contribution is 5.97. The predicted molar refractivity (Wildman–Crippen MR) is 59.7 cm³/mol. The topological polar surface area (TPSA) is 43.4 Å². The molecule has 3 nitrogen and oxygen atoms in total. The number of carbonyl (C=O) groups is 2. The first-order valence-corrected chi connectivity index (χ1v) is 5.52. The second kappa shape index (κ2) is 3.58. The normalized spacial score (nSPS) is 32.9. The van der Waals surface area contributed by atoms with Crippen molar-refractivity contribution in [2.45, 2.75) is 39.7 Å². The molecule has 0 aromatic rings. The standard InChI is InChI=1S/C13H16O3/c1-8-4-10-5-11(16-9(2)14)6-13(10,3)7-12(8)15/h4-5,11H,6-7H2,1-3H3/t11-,13+/m1/s1. The summed E-state index contributed by atoms with van der Waals surface area (Å²) in [6.07, 6.45) is 4.97. The summed E-state index contributed by atoms with van der Waals surface area (Å²) in [5.74, 6) is -0.0701. The lowest BCUT2D eigenvalue weighted by Crippen LogP contribution is -2.26. The molecular weight excluding hydrogens is 204 g/mol. The van der Waals surface area contributed by atoms with Crippen LogP contribution in [0, 0.1) is 5.41 Å². The van der Waals surface area contributed by atoms with E-state index in [1.54, 1.807) is 0 Å². The summed E-state index contributed by atoms with van der Waals surface area (Å²) in [6.45, 7) is 5.31. The van der Waals surface area contributed by atoms with Gasteiger partial charge in [0, 0.05) is 18.8 Å². The lowest BCUT2D eigenvalue weighted by molar-refractivity contribution is -0.144. The van der Waals surface area contributed by atoms with Crippen LogP contribution in [0.2, 0.25) is 0 Å². The molecule has 0 aromatic heterocycles. The summed E-state index contributed by atoms with van der Waals surface area (Å²) in [5, 5.41) is 0. The van der Waals surface area contributed by atoms with Gasteiger partial charge < -0.3 is 4.74 Å². The van der Waals surface area contributed by atoms with E-state index in [1.165, 1.54) is 6.92 Å². The van der Waals surface area contributed by atoms with Gasteiger partial charge in [0.2, 0.25) is 0 Å². The van der Waals surface area contributed by atoms with Crippen molar-refractivity contribution in [1.82, 2.24) is 0 Å². The largest absolute Gasteiger partial charge is 0.458 e. The van der Waals surface area contributed by atoms with E-state index in [4.69, 9.17) is 4.74 Å². The average molecular weight is 220 g/mol. The van der Waals surface area contributed by atoms with Gasteiger partial charge >= 0.3 is 5.97 Å². The molecule has 0 amide bonds. The van der Waals surface area contributed by atoms with Crippen molar-refractivity contribution < 1.29 is 14.3 Å². The minimum atomic E-state index is -0.267. The third-order valence-electron chi connectivity index (χ3n) is 3.39. The molecular formula is C13H16O3. The van der Waals surface area contributed by atoms with Gasteiger partial charge in [0.15, 0.2) is 5.78 Å². The SMILES string of the molecule is CC(=O)O[C@@H]1C=C2C=C(C)C(=O)C[C@]2(C)C1. The molecule has 86 valence electrons. The van der Waals surface area contributed by atoms with Crippen molar-refractivity contribution in [2.75, 3.05) is 0 Å². The van der Waals surface area contributed by atoms with Gasteiger partial charge in [-0.1, -0.05) is 13.0 Å². The molecule has 16 heavy (non-hydrogen) atoms. The highest BCUT2D eigenvalue weighted by Crippen LogP contribution is 2.46. The van der Waals surface area contributed by atoms with Gasteiger partial charge in [-0.15, -0.1) is 0 Å². The van der Waals surface area contributed by atoms with Crippen molar-refractivity contribution in [3.63, 3.8) is 0 Å². The molecule has 2 aliphatic carbocycles. The Balaban J connectivity index is 2.25. The summed E-state index contributed by atoms with van der Waals surface area (Å²) in [6, 6.07) is 0. The Morgan fingerprint density at radius 1 is 1.56 bits per heavy atom. The Kier molecular flexibility index (Phi) is 2.49. The van der Waals surface area contributed by atoms with Crippen LogP contribution in [0.5, 0.6) is 0 Å². The van der Waals surface area contributed by atoms with Crippen LogP contribution in [0.1, 0.15) is 33.6 Å². The number of ether oxygens (including phenoxy) is 1. The second-order valence-corrected chi connectivity index (χ2v) is 4.96. The molecule has 0 N–H and O–H groups in total. The molecule has 0 aromatic carbocycles. The smallest absolute Gasteiger partial charge is 0.303 e. The zero-order valence-corrected chi connectivity index (χ0v) is 9.87. The Bertz CT molecular complexity index is 417. The maximum absolute atomic E-state index is 11.7. The van der Waals surface area contributed by atoms with E-state index in [0.717, 1.165) is 17.6 Å². The average Bonchev–Trinajstić information content (AvgIpc) is 2.40. The number of ketones is 1. The van der Waals surface area contributed by atoms with Gasteiger partial charge in [-0.05, 0) is 30.6 Å². The number of Topliss-reactive ketones (excluding diaryl/α,β-unsaturated/α-hetero) is 1. The van der Waals surface area contributed by atoms with Crippen molar-refractivity contribution in [2.24, 2.45) is 5.41 Å². The molecule has 0 fully saturated rings. The molecule has 0 bridgehead atoms. The van der Waals surface area contributed by atoms with Crippen LogP contribution in [-0.2, 0) is 14.3 Å². The van der Waals surface area contributed by atoms with Gasteiger partial charge in [0.05, 0.1) is 0 Å². The maximum Gasteiger partial charge on any atom is 0.303 e. The summed E-state index contributed by atoms with van der Waals surface area (Å²) in [4.78, 5) is 22.6. The number of hydrogen-bond donors (Lipinski definition) is 0. The van der Waals surface area contributed by atoms with Crippen molar-refractivity contribution >= 4 is 11.8 Å². The fraction of sp³-hybridized carbons (Fsp3) is 0.538. The Hall–Kier alpha value is -1.38. The molecule has 0 heterocycles. The molecule has 0 saturated carbocycles. The molecule has 2 atom stereocenters. The zero-order valence-electron chi connectivity index (χ0n) is 9.87. The third kappa shape index (κ3) is 1.82. The van der Waals surface area contributed by atoms with Gasteiger partial charge in [0.1, 0.15) is 6.10 Å². The molecule has 0 radical (unpaired) electrons. The molecule has 0 aliphatic heterocycles. The summed E-state index contributed by atoms with van der Waals surface area (Å²) < 4.78 is 5.18. The number of allylic oxidation sites excluding steroid dienone is 3. The van der Waals surface area contributed by atoms with Crippen LogP contribution in [0.15, 0.2) is 23.3 Å². The third-order valence-corrected chi connectivity index (χ3v) is 3.39. The van der Waals surface area contributed by atoms with Gasteiger partial charge in [-0.25, -0.2) is 0 Å². The Labute approximate surface area is 95.2 Å². The van der Waals surface area contributed by atoms with E-state index in [9.17, 15) is 9.59 Å². The van der Waals surface area contributed by atoms with E-state index in [1.807, 2.05) is 19.1 Å². The van der Waals surface area contributed by atoms with Crippen LogP contribution in [0.3, 0.4) is 0 Å². The quantitative estimate of drug-likeness (QED) is 0.636. The van der Waals surface area contributed by atoms with Gasteiger partial charge in [-0.3, -0.25) is 9.59 Å². The van der Waals surface area contributed by atoms with Crippen LogP contribution < -0.4 is 0 Å². The van der Waals surface area contributed by atoms with Crippen LogP contribution in [0.25, 0.3) is 0 Å². The van der Waals surface area contributed by atoms with Crippen LogP contribution in [-0.4, -0.2) is 17.9 Å². The van der Waals surface area contributed by atoms with E-state index >= 15 is 0 Å². The van der Waals surface area contributed by atoms with E-state index in [0.29, 0.717) is 6.42 Å². The molecule has 2 rings (SSSR count). The Morgan fingerprint density at radius 3 is 2.88 bits per heavy atom. The van der Waals surface area contributed by atoms with Crippen LogP contribution in [0.4, 0.5) is 0 Å². The summed E-state index contributed by atoms with van der Waals surface area (Å²) in [5.41, 5.74) is 1.79. The second-order valence-electron chi connectivity index (χ2n) is 4.96. The fourth-order valence-corrected chi connectivity index (χ4v) is 2.52. The lowest BCUT2D eigenvalue weighted by atomic mass is 9.73. The number of esters is 1. The van der Waals surface area contributed by atoms with Crippen molar-refractivity contribution in [3.8, 4) is 0 Å². The zero-order chi connectivity index (χ0) is 11.9. The molecule has 0 spiro atoms. The first-order chi connectivity index (χ1) is 7.40. The number of carbonyl (C=O) groups excluding carboxylic acids is 2. The monoisotopic (exact) mass is 220 g/mol. The number of hydrogen-bond acceptors (Lipinski definition) is 3. The van der Waals surface area contributed by atoms with E-state index in [-0.39, 0.29) is 23.3 Å². The molecule has 0 saturated heterocycles. The first-order valence-electron chi connectivity index (χ1n) is 5.52. The van der Waals surface area contributed by atoms with Crippen molar-refractivity contribution in [1.29, 1.82) is 0 Å². The molecule has 3 heteroatoms. The van der Waals surface area contributed by atoms with Crippen LogP contribution >= 0.6 is 0 Å². The lowest BCUT2D eigenvalue weighted by Gasteiger charge is -2.30. The van der Waals surface area contributed by atoms with Crippen molar-refractivity contribution in [3.05, 3.63) is 23.3 Å². The van der Waals surface area contributed by atoms with Gasteiger partial charge in [-0.2, -0.15) is 0 Å². The number of rotatable bonds is 1. The molecule has 2 aliphatic rings. The van der Waals surface area contributed by atoms with E-state index in [2.05, 4.69) is 6.92 Å². The van der Waals surface area contributed by atoms with E-state index < -0.39 is 0 Å². The first kappa shape index (κ1) is 11.1. The molecule has 0 unspecified atom stereocenters. The summed E-state index contributed by atoms with van der Waals surface area (Å²) in [7, 11) is 0. The minimum Gasteiger partial charge on any atom is -0.458 e.